The van der Waals surface area contributed by atoms with E-state index in [4.69, 9.17) is 22.1 Å². The van der Waals surface area contributed by atoms with Gasteiger partial charge in [0.1, 0.15) is 0 Å². The van der Waals surface area contributed by atoms with Crippen molar-refractivity contribution >= 4 is 23.5 Å². The summed E-state index contributed by atoms with van der Waals surface area (Å²) >= 11 is 5.70. The standard InChI is InChI=1S/C9H14ClN5O2/c1-5(2)17-9-14-7(10)13-8(15-9)12-4-3-6(11)16/h5H,3-4H2,1-2H3,(H2,11,16)(H,12,13,14,15). The molecule has 0 aliphatic heterocycles. The third-order valence-electron chi connectivity index (χ3n) is 1.58. The molecule has 0 spiro atoms. The predicted molar refractivity (Wildman–Crippen MR) is 62.9 cm³/mol. The average molecular weight is 260 g/mol. The minimum absolute atomic E-state index is 0.0252. The van der Waals surface area contributed by atoms with Crippen LogP contribution < -0.4 is 15.8 Å². The molecule has 1 amide bonds. The smallest absolute Gasteiger partial charge is 0.322 e. The van der Waals surface area contributed by atoms with E-state index < -0.39 is 5.91 Å². The Morgan fingerprint density at radius 1 is 1.47 bits per heavy atom. The van der Waals surface area contributed by atoms with Crippen molar-refractivity contribution in [3.63, 3.8) is 0 Å². The van der Waals surface area contributed by atoms with Crippen LogP contribution in [0.25, 0.3) is 0 Å². The van der Waals surface area contributed by atoms with E-state index in [1.165, 1.54) is 0 Å². The molecular formula is C9H14ClN5O2. The first-order valence-electron chi connectivity index (χ1n) is 5.08. The Morgan fingerprint density at radius 2 is 2.18 bits per heavy atom. The molecule has 0 fully saturated rings. The first-order valence-corrected chi connectivity index (χ1v) is 5.45. The SMILES string of the molecule is CC(C)Oc1nc(Cl)nc(NCCC(N)=O)n1. The molecule has 0 saturated heterocycles. The van der Waals surface area contributed by atoms with Crippen LogP contribution in [-0.4, -0.2) is 33.5 Å². The first-order chi connectivity index (χ1) is 7.97. The van der Waals surface area contributed by atoms with Crippen LogP contribution in [0.15, 0.2) is 0 Å². The molecule has 0 radical (unpaired) electrons. The van der Waals surface area contributed by atoms with Crippen molar-refractivity contribution in [3.8, 4) is 6.01 Å². The van der Waals surface area contributed by atoms with E-state index >= 15 is 0 Å². The van der Waals surface area contributed by atoms with Crippen LogP contribution in [0.2, 0.25) is 5.28 Å². The molecule has 0 saturated carbocycles. The maximum absolute atomic E-state index is 10.5. The fourth-order valence-corrected chi connectivity index (χ4v) is 1.12. The van der Waals surface area contributed by atoms with Crippen molar-refractivity contribution in [2.75, 3.05) is 11.9 Å². The van der Waals surface area contributed by atoms with Crippen LogP contribution in [0, 0.1) is 0 Å². The zero-order valence-corrected chi connectivity index (χ0v) is 10.4. The number of nitrogens with two attached hydrogens (primary N) is 1. The van der Waals surface area contributed by atoms with Crippen LogP contribution in [0.3, 0.4) is 0 Å². The van der Waals surface area contributed by atoms with E-state index in [1.807, 2.05) is 13.8 Å². The first kappa shape index (κ1) is 13.4. The van der Waals surface area contributed by atoms with Crippen molar-refractivity contribution < 1.29 is 9.53 Å². The number of anilines is 1. The van der Waals surface area contributed by atoms with Crippen LogP contribution in [-0.2, 0) is 4.79 Å². The van der Waals surface area contributed by atoms with Crippen molar-refractivity contribution in [2.45, 2.75) is 26.4 Å². The van der Waals surface area contributed by atoms with Gasteiger partial charge < -0.3 is 15.8 Å². The number of amides is 1. The minimum atomic E-state index is -0.406. The number of primary amides is 1. The highest BCUT2D eigenvalue weighted by molar-refractivity contribution is 6.28. The van der Waals surface area contributed by atoms with Gasteiger partial charge in [-0.2, -0.15) is 15.0 Å². The summed E-state index contributed by atoms with van der Waals surface area (Å²) in [4.78, 5) is 22.2. The number of carbonyl (C=O) groups excluding carboxylic acids is 1. The molecule has 3 N–H and O–H groups in total. The Labute approximate surface area is 104 Å². The summed E-state index contributed by atoms with van der Waals surface area (Å²) in [7, 11) is 0. The number of nitrogens with zero attached hydrogens (tertiary/aromatic N) is 3. The summed E-state index contributed by atoms with van der Waals surface area (Å²) in [5.41, 5.74) is 5.00. The van der Waals surface area contributed by atoms with E-state index in [-0.39, 0.29) is 29.8 Å². The van der Waals surface area contributed by atoms with Gasteiger partial charge in [0.15, 0.2) is 0 Å². The van der Waals surface area contributed by atoms with Crippen molar-refractivity contribution in [1.82, 2.24) is 15.0 Å². The second kappa shape index (κ2) is 6.19. The van der Waals surface area contributed by atoms with Crippen LogP contribution >= 0.6 is 11.6 Å². The summed E-state index contributed by atoms with van der Waals surface area (Å²) in [6.07, 6.45) is 0.121. The highest BCUT2D eigenvalue weighted by atomic mass is 35.5. The normalized spacial score (nSPS) is 10.4. The summed E-state index contributed by atoms with van der Waals surface area (Å²) in [5, 5.41) is 2.83. The van der Waals surface area contributed by atoms with E-state index in [1.54, 1.807) is 0 Å². The molecule has 1 aromatic rings. The van der Waals surface area contributed by atoms with Crippen molar-refractivity contribution in [3.05, 3.63) is 5.28 Å². The number of rotatable bonds is 6. The lowest BCUT2D eigenvalue weighted by atomic mass is 10.4. The Kier molecular flexibility index (Phi) is 4.89. The van der Waals surface area contributed by atoms with Gasteiger partial charge in [-0.15, -0.1) is 0 Å². The fraction of sp³-hybridized carbons (Fsp3) is 0.556. The second-order valence-corrected chi connectivity index (χ2v) is 3.86. The number of halogens is 1. The van der Waals surface area contributed by atoms with Gasteiger partial charge in [-0.3, -0.25) is 4.79 Å². The molecule has 0 aromatic carbocycles. The lowest BCUT2D eigenvalue weighted by molar-refractivity contribution is -0.117. The summed E-state index contributed by atoms with van der Waals surface area (Å²) < 4.78 is 5.28. The van der Waals surface area contributed by atoms with E-state index in [2.05, 4.69) is 20.3 Å². The fourth-order valence-electron chi connectivity index (χ4n) is 0.972. The van der Waals surface area contributed by atoms with Gasteiger partial charge in [0.2, 0.25) is 17.1 Å². The third kappa shape index (κ3) is 5.30. The highest BCUT2D eigenvalue weighted by Crippen LogP contribution is 2.12. The topological polar surface area (TPSA) is 103 Å². The molecule has 0 aliphatic rings. The summed E-state index contributed by atoms with van der Waals surface area (Å²) in [6, 6.07) is 0.140. The van der Waals surface area contributed by atoms with Gasteiger partial charge >= 0.3 is 6.01 Å². The molecule has 0 unspecified atom stereocenters. The van der Waals surface area contributed by atoms with Gasteiger partial charge in [0.05, 0.1) is 6.10 Å². The number of nitrogens with one attached hydrogen (secondary N) is 1. The van der Waals surface area contributed by atoms with Crippen molar-refractivity contribution in [1.29, 1.82) is 0 Å². The van der Waals surface area contributed by atoms with E-state index in [0.29, 0.717) is 6.54 Å². The molecule has 1 aromatic heterocycles. The van der Waals surface area contributed by atoms with Gasteiger partial charge in [-0.25, -0.2) is 0 Å². The lowest BCUT2D eigenvalue weighted by Crippen LogP contribution is -2.17. The lowest BCUT2D eigenvalue weighted by Gasteiger charge is -2.09. The third-order valence-corrected chi connectivity index (χ3v) is 1.75. The number of ether oxygens (including phenoxy) is 1. The summed E-state index contributed by atoms with van der Waals surface area (Å²) in [6.45, 7) is 4.02. The quantitative estimate of drug-likeness (QED) is 0.775. The zero-order chi connectivity index (χ0) is 12.8. The second-order valence-electron chi connectivity index (χ2n) is 3.52. The van der Waals surface area contributed by atoms with Gasteiger partial charge in [0, 0.05) is 13.0 Å². The van der Waals surface area contributed by atoms with Crippen molar-refractivity contribution in [2.24, 2.45) is 5.73 Å². The van der Waals surface area contributed by atoms with Gasteiger partial charge in [-0.05, 0) is 25.4 Å². The molecule has 0 bridgehead atoms. The maximum Gasteiger partial charge on any atom is 0.322 e. The van der Waals surface area contributed by atoms with Gasteiger partial charge in [-0.1, -0.05) is 0 Å². The zero-order valence-electron chi connectivity index (χ0n) is 9.61. The number of hydrogen-bond donors (Lipinski definition) is 2. The van der Waals surface area contributed by atoms with E-state index in [0.717, 1.165) is 0 Å². The Morgan fingerprint density at radius 3 is 2.76 bits per heavy atom. The minimum Gasteiger partial charge on any atom is -0.461 e. The molecule has 17 heavy (non-hydrogen) atoms. The molecule has 0 aliphatic carbocycles. The molecule has 8 heteroatoms. The number of aromatic nitrogens is 3. The maximum atomic E-state index is 10.5. The van der Waals surface area contributed by atoms with Crippen LogP contribution in [0.1, 0.15) is 20.3 Å². The predicted octanol–water partition coefficient (Wildman–Crippen LogP) is 0.599. The van der Waals surface area contributed by atoms with Gasteiger partial charge in [0.25, 0.3) is 0 Å². The van der Waals surface area contributed by atoms with Crippen LogP contribution in [0.5, 0.6) is 6.01 Å². The Hall–Kier alpha value is -1.63. The number of carbonyl (C=O) groups is 1. The Bertz CT molecular complexity index is 399. The molecule has 1 rings (SSSR count). The molecule has 7 nitrogen and oxygen atoms in total. The molecule has 1 heterocycles. The summed E-state index contributed by atoms with van der Waals surface area (Å²) in [5.74, 6) is -0.154. The largest absolute Gasteiger partial charge is 0.461 e. The van der Waals surface area contributed by atoms with E-state index in [9.17, 15) is 4.79 Å². The molecule has 0 atom stereocenters. The molecular weight excluding hydrogens is 246 g/mol. The Balaban J connectivity index is 2.65. The highest BCUT2D eigenvalue weighted by Gasteiger charge is 2.07. The average Bonchev–Trinajstić information content (AvgIpc) is 2.14. The molecule has 94 valence electrons. The monoisotopic (exact) mass is 259 g/mol. The van der Waals surface area contributed by atoms with Crippen LogP contribution in [0.4, 0.5) is 5.95 Å². The number of hydrogen-bond acceptors (Lipinski definition) is 6.